The first-order valence-corrected chi connectivity index (χ1v) is 12.4. The molecule has 2 amide bonds. The quantitative estimate of drug-likeness (QED) is 0.496. The number of aliphatic hydroxyl groups is 1. The van der Waals surface area contributed by atoms with Crippen LogP contribution in [0.5, 0.6) is 5.75 Å². The molecule has 0 saturated carbocycles. The number of rotatable bonds is 7. The van der Waals surface area contributed by atoms with Crippen LogP contribution in [0.3, 0.4) is 0 Å². The fourth-order valence-electron chi connectivity index (χ4n) is 5.12. The van der Waals surface area contributed by atoms with Crippen LogP contribution in [0.2, 0.25) is 0 Å². The third-order valence-electron chi connectivity index (χ3n) is 7.19. The van der Waals surface area contributed by atoms with Gasteiger partial charge in [0.25, 0.3) is 11.8 Å². The van der Waals surface area contributed by atoms with Crippen molar-refractivity contribution in [2.75, 3.05) is 19.7 Å². The minimum Gasteiger partial charge on any atom is -0.483 e. The van der Waals surface area contributed by atoms with E-state index in [1.807, 2.05) is 18.2 Å². The highest BCUT2D eigenvalue weighted by Gasteiger charge is 2.46. The summed E-state index contributed by atoms with van der Waals surface area (Å²) in [6.45, 7) is 0.0989. The molecular weight excluding hydrogens is 496 g/mol. The summed E-state index contributed by atoms with van der Waals surface area (Å²) in [6.07, 6.45) is 3.30. The van der Waals surface area contributed by atoms with Gasteiger partial charge in [0, 0.05) is 37.5 Å². The number of ether oxygens (including phenoxy) is 1. The van der Waals surface area contributed by atoms with Crippen LogP contribution < -0.4 is 15.5 Å². The van der Waals surface area contributed by atoms with E-state index < -0.39 is 34.4 Å². The number of amides is 2. The summed E-state index contributed by atoms with van der Waals surface area (Å²) in [6, 6.07) is 12.1. The SMILES string of the molecule is O=C(NCc1ccc(F)cc1F)c1cn2c(c(OCc3ccccc3)c1=O)C(=O)N1CCCCC2(CO)C1. The van der Waals surface area contributed by atoms with Gasteiger partial charge in [0.1, 0.15) is 23.8 Å². The molecule has 0 aliphatic carbocycles. The highest BCUT2D eigenvalue weighted by molar-refractivity contribution is 5.99. The Bertz CT molecular complexity index is 1440. The number of carbonyl (C=O) groups excluding carboxylic acids is 2. The van der Waals surface area contributed by atoms with Crippen LogP contribution in [0, 0.1) is 11.6 Å². The molecule has 1 saturated heterocycles. The molecule has 1 fully saturated rings. The van der Waals surface area contributed by atoms with Crippen LogP contribution in [-0.4, -0.2) is 46.1 Å². The molecule has 1 aromatic heterocycles. The molecule has 38 heavy (non-hydrogen) atoms. The fourth-order valence-corrected chi connectivity index (χ4v) is 5.12. The number of halogens is 2. The Labute approximate surface area is 217 Å². The smallest absolute Gasteiger partial charge is 0.274 e. The number of aromatic nitrogens is 1. The lowest BCUT2D eigenvalue weighted by molar-refractivity contribution is 0.0404. The molecule has 2 aromatic carbocycles. The number of benzene rings is 2. The zero-order valence-corrected chi connectivity index (χ0v) is 20.6. The second-order valence-electron chi connectivity index (χ2n) is 9.68. The van der Waals surface area contributed by atoms with Crippen molar-refractivity contribution >= 4 is 11.8 Å². The lowest BCUT2D eigenvalue weighted by Crippen LogP contribution is -2.56. The van der Waals surface area contributed by atoms with Gasteiger partial charge in [0.15, 0.2) is 11.4 Å². The Morgan fingerprint density at radius 3 is 2.63 bits per heavy atom. The Morgan fingerprint density at radius 1 is 1.11 bits per heavy atom. The Hall–Kier alpha value is -4.05. The van der Waals surface area contributed by atoms with Crippen LogP contribution in [0.25, 0.3) is 0 Å². The Morgan fingerprint density at radius 2 is 1.89 bits per heavy atom. The molecule has 2 aliphatic heterocycles. The van der Waals surface area contributed by atoms with E-state index in [2.05, 4.69) is 5.32 Å². The summed E-state index contributed by atoms with van der Waals surface area (Å²) in [5.74, 6) is -3.07. The van der Waals surface area contributed by atoms with Gasteiger partial charge in [-0.1, -0.05) is 36.4 Å². The van der Waals surface area contributed by atoms with Crippen molar-refractivity contribution in [3.8, 4) is 5.75 Å². The predicted molar refractivity (Wildman–Crippen MR) is 134 cm³/mol. The van der Waals surface area contributed by atoms with Crippen molar-refractivity contribution in [3.05, 3.63) is 99.0 Å². The summed E-state index contributed by atoms with van der Waals surface area (Å²) in [4.78, 5) is 42.0. The maximum absolute atomic E-state index is 14.1. The van der Waals surface area contributed by atoms with Gasteiger partial charge in [0.2, 0.25) is 5.43 Å². The zero-order valence-electron chi connectivity index (χ0n) is 20.6. The topological polar surface area (TPSA) is 101 Å². The zero-order chi connectivity index (χ0) is 26.9. The second-order valence-corrected chi connectivity index (χ2v) is 9.68. The molecule has 2 N–H and O–H groups in total. The highest BCUT2D eigenvalue weighted by Crippen LogP contribution is 2.37. The van der Waals surface area contributed by atoms with Crippen molar-refractivity contribution in [1.82, 2.24) is 14.8 Å². The molecule has 198 valence electrons. The van der Waals surface area contributed by atoms with Crippen LogP contribution >= 0.6 is 0 Å². The highest BCUT2D eigenvalue weighted by atomic mass is 19.1. The summed E-state index contributed by atoms with van der Waals surface area (Å²) < 4.78 is 34.8. The molecule has 0 spiro atoms. The van der Waals surface area contributed by atoms with E-state index in [4.69, 9.17) is 4.74 Å². The van der Waals surface area contributed by atoms with Gasteiger partial charge >= 0.3 is 0 Å². The van der Waals surface area contributed by atoms with Gasteiger partial charge in [-0.3, -0.25) is 14.4 Å². The summed E-state index contributed by atoms with van der Waals surface area (Å²) >= 11 is 0. The van der Waals surface area contributed by atoms with Crippen molar-refractivity contribution in [2.24, 2.45) is 0 Å². The molecule has 10 heteroatoms. The van der Waals surface area contributed by atoms with E-state index in [0.29, 0.717) is 19.0 Å². The molecule has 5 rings (SSSR count). The van der Waals surface area contributed by atoms with E-state index in [-0.39, 0.29) is 48.9 Å². The third kappa shape index (κ3) is 4.67. The molecule has 0 radical (unpaired) electrons. The number of carbonyl (C=O) groups is 2. The van der Waals surface area contributed by atoms with E-state index in [1.165, 1.54) is 16.8 Å². The van der Waals surface area contributed by atoms with E-state index in [0.717, 1.165) is 24.5 Å². The molecule has 3 aromatic rings. The van der Waals surface area contributed by atoms with Crippen LogP contribution in [-0.2, 0) is 18.7 Å². The number of nitrogens with zero attached hydrogens (tertiary/aromatic N) is 2. The van der Waals surface area contributed by atoms with E-state index >= 15 is 0 Å². The van der Waals surface area contributed by atoms with Crippen LogP contribution in [0.15, 0.2) is 59.5 Å². The van der Waals surface area contributed by atoms with Crippen LogP contribution in [0.1, 0.15) is 51.2 Å². The first-order chi connectivity index (χ1) is 18.3. The molecule has 1 atom stereocenters. The van der Waals surface area contributed by atoms with Crippen LogP contribution in [0.4, 0.5) is 8.78 Å². The van der Waals surface area contributed by atoms with Gasteiger partial charge in [-0.2, -0.15) is 0 Å². The molecule has 1 unspecified atom stereocenters. The fraction of sp³-hybridized carbons (Fsp3) is 0.321. The van der Waals surface area contributed by atoms with E-state index in [9.17, 15) is 28.3 Å². The average molecular weight is 524 g/mol. The van der Waals surface area contributed by atoms with Crippen molar-refractivity contribution < 1.29 is 28.2 Å². The number of hydrogen-bond acceptors (Lipinski definition) is 5. The molecule has 2 bridgehead atoms. The lowest BCUT2D eigenvalue weighted by Gasteiger charge is -2.43. The predicted octanol–water partition coefficient (Wildman–Crippen LogP) is 2.96. The Balaban J connectivity index is 1.58. The summed E-state index contributed by atoms with van der Waals surface area (Å²) in [5.41, 5.74) is -1.24. The molecular formula is C28H27F2N3O5. The van der Waals surface area contributed by atoms with Gasteiger partial charge in [-0.05, 0) is 30.9 Å². The first kappa shape index (κ1) is 25.6. The van der Waals surface area contributed by atoms with Gasteiger partial charge in [-0.25, -0.2) is 8.78 Å². The number of aliphatic hydroxyl groups excluding tert-OH is 1. The minimum atomic E-state index is -0.934. The average Bonchev–Trinajstić information content (AvgIpc) is 3.12. The van der Waals surface area contributed by atoms with Gasteiger partial charge < -0.3 is 24.6 Å². The van der Waals surface area contributed by atoms with Crippen molar-refractivity contribution in [3.63, 3.8) is 0 Å². The van der Waals surface area contributed by atoms with Gasteiger partial charge in [-0.15, -0.1) is 0 Å². The molecule has 3 heterocycles. The van der Waals surface area contributed by atoms with Crippen molar-refractivity contribution in [1.29, 1.82) is 0 Å². The summed E-state index contributed by atoms with van der Waals surface area (Å²) in [5, 5.41) is 13.0. The molecule has 2 aliphatic rings. The monoisotopic (exact) mass is 523 g/mol. The van der Waals surface area contributed by atoms with Gasteiger partial charge in [0.05, 0.1) is 12.1 Å². The summed E-state index contributed by atoms with van der Waals surface area (Å²) in [7, 11) is 0. The maximum Gasteiger partial charge on any atom is 0.274 e. The minimum absolute atomic E-state index is 0.00531. The Kier molecular flexibility index (Phi) is 6.98. The third-order valence-corrected chi connectivity index (χ3v) is 7.19. The number of fused-ring (bicyclic) bond motifs is 4. The number of pyridine rings is 1. The maximum atomic E-state index is 14.1. The number of hydrogen-bond donors (Lipinski definition) is 2. The first-order valence-electron chi connectivity index (χ1n) is 12.4. The largest absolute Gasteiger partial charge is 0.483 e. The normalized spacial score (nSPS) is 18.5. The number of nitrogens with one attached hydrogen (secondary N) is 1. The second kappa shape index (κ2) is 10.4. The van der Waals surface area contributed by atoms with E-state index in [1.54, 1.807) is 17.0 Å². The molecule has 8 nitrogen and oxygen atoms in total. The lowest BCUT2D eigenvalue weighted by atomic mass is 9.90. The standard InChI is InChI=1S/C28H27F2N3O5/c29-20-9-8-19(22(30)12-20)13-31-26(36)21-14-33-23(25(24(21)35)38-15-18-6-2-1-3-7-18)27(37)32-11-5-4-10-28(33,16-32)17-34/h1-3,6-9,12,14,34H,4-5,10-11,13,15-17H2,(H,31,36). The van der Waals surface area contributed by atoms with Crippen molar-refractivity contribution in [2.45, 2.75) is 38.0 Å².